The summed E-state index contributed by atoms with van der Waals surface area (Å²) >= 11 is 3.66. The number of unbranched alkanes of at least 4 members (excludes halogenated alkanes) is 2. The van der Waals surface area contributed by atoms with Gasteiger partial charge in [-0.05, 0) is 42.4 Å². The van der Waals surface area contributed by atoms with Crippen molar-refractivity contribution < 1.29 is 0 Å². The molecule has 1 rings (SSSR count). The Hall–Kier alpha value is -0.350. The fraction of sp³-hybridized carbons (Fsp3) is 0.769. The summed E-state index contributed by atoms with van der Waals surface area (Å²) in [5.41, 5.74) is 2.44. The third kappa shape index (κ3) is 4.11. The molecule has 0 atom stereocenters. The summed E-state index contributed by atoms with van der Waals surface area (Å²) in [5.74, 6) is 0. The zero-order valence-electron chi connectivity index (χ0n) is 11.5. The van der Waals surface area contributed by atoms with Crippen LogP contribution in [0, 0.1) is 0 Å². The number of nitrogens with zero attached hydrogens (tertiary/aromatic N) is 3. The highest BCUT2D eigenvalue weighted by molar-refractivity contribution is 9.10. The van der Waals surface area contributed by atoms with Crippen molar-refractivity contribution in [3.63, 3.8) is 0 Å². The second-order valence-corrected chi connectivity index (χ2v) is 5.42. The summed E-state index contributed by atoms with van der Waals surface area (Å²) in [6.45, 7) is 6.51. The first-order valence-electron chi connectivity index (χ1n) is 6.48. The molecule has 4 heteroatoms. The van der Waals surface area contributed by atoms with Crippen molar-refractivity contribution >= 4 is 15.9 Å². The molecule has 1 heterocycles. The highest BCUT2D eigenvalue weighted by Gasteiger charge is 2.13. The van der Waals surface area contributed by atoms with Crippen molar-refractivity contribution in [2.45, 2.75) is 46.1 Å². The second-order valence-electron chi connectivity index (χ2n) is 4.63. The first-order valence-corrected chi connectivity index (χ1v) is 7.28. The summed E-state index contributed by atoms with van der Waals surface area (Å²) in [6, 6.07) is 0. The van der Waals surface area contributed by atoms with Gasteiger partial charge in [-0.2, -0.15) is 5.10 Å². The van der Waals surface area contributed by atoms with E-state index >= 15 is 0 Å². The molecular weight excluding hydrogens is 278 g/mol. The van der Waals surface area contributed by atoms with Gasteiger partial charge >= 0.3 is 0 Å². The summed E-state index contributed by atoms with van der Waals surface area (Å²) in [5, 5.41) is 4.52. The number of hydrogen-bond acceptors (Lipinski definition) is 2. The van der Waals surface area contributed by atoms with E-state index in [0.29, 0.717) is 0 Å². The van der Waals surface area contributed by atoms with Crippen LogP contribution in [0.25, 0.3) is 0 Å². The van der Waals surface area contributed by atoms with E-state index in [4.69, 9.17) is 0 Å². The first kappa shape index (κ1) is 14.7. The number of aryl methyl sites for hydroxylation is 2. The maximum Gasteiger partial charge on any atom is 0.0767 e. The standard InChI is InChI=1S/C13H24BrN3/c1-5-7-8-9-16(3)10-12-13(14)11(6-2)15-17(12)4/h5-10H2,1-4H3. The summed E-state index contributed by atoms with van der Waals surface area (Å²) < 4.78 is 3.18. The van der Waals surface area contributed by atoms with E-state index in [0.717, 1.165) is 25.2 Å². The predicted molar refractivity (Wildman–Crippen MR) is 76.1 cm³/mol. The number of hydrogen-bond donors (Lipinski definition) is 0. The fourth-order valence-electron chi connectivity index (χ4n) is 1.96. The Bertz CT molecular complexity index is 347. The lowest BCUT2D eigenvalue weighted by Gasteiger charge is -2.16. The molecule has 0 spiro atoms. The Morgan fingerprint density at radius 2 is 2.00 bits per heavy atom. The van der Waals surface area contributed by atoms with Crippen LogP contribution in [-0.4, -0.2) is 28.3 Å². The van der Waals surface area contributed by atoms with Crippen molar-refractivity contribution in [2.24, 2.45) is 7.05 Å². The van der Waals surface area contributed by atoms with Gasteiger partial charge in [0.1, 0.15) is 0 Å². The zero-order valence-corrected chi connectivity index (χ0v) is 13.0. The molecule has 1 aromatic rings. The minimum atomic E-state index is 0.966. The van der Waals surface area contributed by atoms with Crippen molar-refractivity contribution in [1.29, 1.82) is 0 Å². The van der Waals surface area contributed by atoms with Crippen LogP contribution in [0.1, 0.15) is 44.5 Å². The van der Waals surface area contributed by atoms with Crippen molar-refractivity contribution in [3.05, 3.63) is 15.9 Å². The van der Waals surface area contributed by atoms with Crippen LogP contribution >= 0.6 is 15.9 Å². The molecule has 0 radical (unpaired) electrons. The maximum absolute atomic E-state index is 4.52. The Morgan fingerprint density at radius 3 is 2.53 bits per heavy atom. The van der Waals surface area contributed by atoms with Gasteiger partial charge in [0.05, 0.1) is 15.9 Å². The van der Waals surface area contributed by atoms with Crippen LogP contribution in [-0.2, 0) is 20.0 Å². The van der Waals surface area contributed by atoms with E-state index in [1.54, 1.807) is 0 Å². The van der Waals surface area contributed by atoms with Crippen LogP contribution in [0.4, 0.5) is 0 Å². The van der Waals surface area contributed by atoms with E-state index in [2.05, 4.69) is 46.8 Å². The van der Waals surface area contributed by atoms with E-state index in [1.165, 1.54) is 29.4 Å². The van der Waals surface area contributed by atoms with Crippen molar-refractivity contribution in [2.75, 3.05) is 13.6 Å². The predicted octanol–water partition coefficient (Wildman–Crippen LogP) is 3.37. The highest BCUT2D eigenvalue weighted by atomic mass is 79.9. The Balaban J connectivity index is 2.58. The van der Waals surface area contributed by atoms with E-state index in [9.17, 15) is 0 Å². The minimum Gasteiger partial charge on any atom is -0.301 e. The molecule has 0 amide bonds. The van der Waals surface area contributed by atoms with Crippen LogP contribution in [0.3, 0.4) is 0 Å². The molecule has 0 fully saturated rings. The van der Waals surface area contributed by atoms with Gasteiger partial charge in [-0.3, -0.25) is 4.68 Å². The molecular formula is C13H24BrN3. The third-order valence-electron chi connectivity index (χ3n) is 3.07. The van der Waals surface area contributed by atoms with Crippen molar-refractivity contribution in [1.82, 2.24) is 14.7 Å². The van der Waals surface area contributed by atoms with Crippen LogP contribution < -0.4 is 0 Å². The lowest BCUT2D eigenvalue weighted by atomic mass is 10.2. The van der Waals surface area contributed by atoms with Crippen LogP contribution in [0.5, 0.6) is 0 Å². The molecule has 0 aliphatic rings. The van der Waals surface area contributed by atoms with Gasteiger partial charge in [0.2, 0.25) is 0 Å². The summed E-state index contributed by atoms with van der Waals surface area (Å²) in [4.78, 5) is 2.37. The molecule has 0 unspecified atom stereocenters. The molecule has 0 saturated heterocycles. The normalized spacial score (nSPS) is 11.4. The van der Waals surface area contributed by atoms with Gasteiger partial charge in [-0.15, -0.1) is 0 Å². The minimum absolute atomic E-state index is 0.966. The lowest BCUT2D eigenvalue weighted by Crippen LogP contribution is -2.21. The van der Waals surface area contributed by atoms with Gasteiger partial charge in [-0.25, -0.2) is 0 Å². The molecule has 98 valence electrons. The quantitative estimate of drug-likeness (QED) is 0.720. The molecule has 0 aliphatic carbocycles. The van der Waals surface area contributed by atoms with Crippen LogP contribution in [0.15, 0.2) is 4.47 Å². The molecule has 1 aromatic heterocycles. The van der Waals surface area contributed by atoms with E-state index in [1.807, 2.05) is 11.7 Å². The average Bonchev–Trinajstić information content (AvgIpc) is 2.57. The lowest BCUT2D eigenvalue weighted by molar-refractivity contribution is 0.308. The number of rotatable bonds is 7. The van der Waals surface area contributed by atoms with Gasteiger partial charge < -0.3 is 4.90 Å². The number of halogens is 1. The van der Waals surface area contributed by atoms with Gasteiger partial charge in [-0.1, -0.05) is 26.7 Å². The molecule has 17 heavy (non-hydrogen) atoms. The monoisotopic (exact) mass is 301 g/mol. The SMILES string of the molecule is CCCCCN(C)Cc1c(Br)c(CC)nn1C. The van der Waals surface area contributed by atoms with Gasteiger partial charge in [0.25, 0.3) is 0 Å². The Kier molecular flexibility index (Phi) is 6.20. The molecule has 0 aromatic carbocycles. The molecule has 0 saturated carbocycles. The van der Waals surface area contributed by atoms with Gasteiger partial charge in [0, 0.05) is 13.6 Å². The summed E-state index contributed by atoms with van der Waals surface area (Å²) in [7, 11) is 4.21. The van der Waals surface area contributed by atoms with Crippen molar-refractivity contribution in [3.8, 4) is 0 Å². The number of aromatic nitrogens is 2. The van der Waals surface area contributed by atoms with Crippen LogP contribution in [0.2, 0.25) is 0 Å². The van der Waals surface area contributed by atoms with E-state index < -0.39 is 0 Å². The zero-order chi connectivity index (χ0) is 12.8. The largest absolute Gasteiger partial charge is 0.301 e. The maximum atomic E-state index is 4.52. The Morgan fingerprint density at radius 1 is 1.29 bits per heavy atom. The van der Waals surface area contributed by atoms with Gasteiger partial charge in [0.15, 0.2) is 0 Å². The molecule has 0 bridgehead atoms. The second kappa shape index (κ2) is 7.17. The summed E-state index contributed by atoms with van der Waals surface area (Å²) in [6.07, 6.45) is 4.86. The fourth-order valence-corrected chi connectivity index (χ4v) is 2.70. The Labute approximate surface area is 113 Å². The third-order valence-corrected chi connectivity index (χ3v) is 3.98. The average molecular weight is 302 g/mol. The topological polar surface area (TPSA) is 21.1 Å². The smallest absolute Gasteiger partial charge is 0.0767 e. The van der Waals surface area contributed by atoms with E-state index in [-0.39, 0.29) is 0 Å². The highest BCUT2D eigenvalue weighted by Crippen LogP contribution is 2.22. The molecule has 0 N–H and O–H groups in total. The molecule has 3 nitrogen and oxygen atoms in total. The molecule has 0 aliphatic heterocycles. The first-order chi connectivity index (χ1) is 8.10.